The zero-order chi connectivity index (χ0) is 23.2. The van der Waals surface area contributed by atoms with Crippen molar-refractivity contribution < 1.29 is 24.4 Å². The summed E-state index contributed by atoms with van der Waals surface area (Å²) in [6.07, 6.45) is -0.723. The molecule has 1 aliphatic heterocycles. The highest BCUT2D eigenvalue weighted by atomic mass is 79.9. The molecule has 0 radical (unpaired) electrons. The smallest absolute Gasteiger partial charge is 0.176 e. The molecule has 3 aromatic rings. The Labute approximate surface area is 202 Å². The van der Waals surface area contributed by atoms with Gasteiger partial charge in [0.05, 0.1) is 24.9 Å². The normalized spacial score (nSPS) is 27.5. The number of rotatable bonds is 6. The van der Waals surface area contributed by atoms with Crippen molar-refractivity contribution in [2.75, 3.05) is 13.2 Å². The maximum atomic E-state index is 12.5. The molecule has 1 aliphatic carbocycles. The minimum Gasteiger partial charge on any atom is -0.494 e. The molecular weight excluding hydrogens is 484 g/mol. The zero-order valence-electron chi connectivity index (χ0n) is 18.6. The van der Waals surface area contributed by atoms with Crippen LogP contribution in [0.25, 0.3) is 0 Å². The summed E-state index contributed by atoms with van der Waals surface area (Å²) in [7, 11) is 0. The first-order chi connectivity index (χ1) is 16.0. The lowest BCUT2D eigenvalue weighted by Crippen LogP contribution is -2.52. The fourth-order valence-electron chi connectivity index (χ4n) is 5.52. The number of halogens is 1. The fourth-order valence-corrected chi connectivity index (χ4v) is 5.79. The van der Waals surface area contributed by atoms with Gasteiger partial charge in [-0.1, -0.05) is 58.4 Å². The largest absolute Gasteiger partial charge is 0.494 e. The van der Waals surface area contributed by atoms with Gasteiger partial charge in [-0.3, -0.25) is 0 Å². The van der Waals surface area contributed by atoms with Gasteiger partial charge in [-0.05, 0) is 43.5 Å². The van der Waals surface area contributed by atoms with E-state index in [1.807, 2.05) is 68.4 Å². The molecule has 0 unspecified atom stereocenters. The highest BCUT2D eigenvalue weighted by Crippen LogP contribution is 2.68. The molecule has 172 valence electrons. The average molecular weight is 511 g/mol. The first kappa shape index (κ1) is 22.3. The van der Waals surface area contributed by atoms with Crippen molar-refractivity contribution in [3.63, 3.8) is 0 Å². The van der Waals surface area contributed by atoms with Gasteiger partial charge in [0.25, 0.3) is 0 Å². The SMILES string of the molecule is CCOc1cc(OCC)c2c(c1)O[C@]1(c3ccc(Br)cc3)[C@@H](c3ccccc3)C[C@H](O)[C@]21O. The lowest BCUT2D eigenvalue weighted by molar-refractivity contribution is -0.150. The van der Waals surface area contributed by atoms with Crippen molar-refractivity contribution in [3.05, 3.63) is 87.9 Å². The van der Waals surface area contributed by atoms with Crippen molar-refractivity contribution in [1.82, 2.24) is 0 Å². The fraction of sp³-hybridized carbons (Fsp3) is 0.333. The van der Waals surface area contributed by atoms with E-state index in [1.165, 1.54) is 0 Å². The molecule has 0 amide bonds. The number of fused-ring (bicyclic) bond motifs is 3. The van der Waals surface area contributed by atoms with Gasteiger partial charge < -0.3 is 24.4 Å². The van der Waals surface area contributed by atoms with Crippen LogP contribution in [0, 0.1) is 0 Å². The third-order valence-corrected chi connectivity index (χ3v) is 7.30. The molecule has 5 rings (SSSR count). The van der Waals surface area contributed by atoms with Crippen LogP contribution in [0.4, 0.5) is 0 Å². The molecule has 2 aliphatic rings. The molecule has 3 aromatic carbocycles. The molecule has 6 heteroatoms. The summed E-state index contributed by atoms with van der Waals surface area (Å²) in [4.78, 5) is 0. The average Bonchev–Trinajstić information content (AvgIpc) is 3.21. The Hall–Kier alpha value is -2.54. The summed E-state index contributed by atoms with van der Waals surface area (Å²) in [6.45, 7) is 4.69. The van der Waals surface area contributed by atoms with Gasteiger partial charge in [0, 0.05) is 22.5 Å². The molecule has 5 nitrogen and oxygen atoms in total. The Morgan fingerprint density at radius 1 is 1.00 bits per heavy atom. The van der Waals surface area contributed by atoms with Crippen molar-refractivity contribution in [2.45, 2.75) is 43.5 Å². The topological polar surface area (TPSA) is 68.2 Å². The van der Waals surface area contributed by atoms with Gasteiger partial charge >= 0.3 is 0 Å². The molecule has 2 N–H and O–H groups in total. The highest BCUT2D eigenvalue weighted by Gasteiger charge is 2.73. The lowest BCUT2D eigenvalue weighted by Gasteiger charge is -2.40. The van der Waals surface area contributed by atoms with E-state index < -0.39 is 17.3 Å². The molecule has 0 spiro atoms. The standard InChI is InChI=1S/C27H27BrO5/c1-3-31-20-14-22(32-4-2)25-23(15-20)33-27(18-10-12-19(28)13-11-18)21(16-24(29)26(25,27)30)17-8-6-5-7-9-17/h5-15,21,24,29-30H,3-4,16H2,1-2H3/t21-,24+,26+,27-/m1/s1. The van der Waals surface area contributed by atoms with Crippen LogP contribution in [0.2, 0.25) is 0 Å². The minimum absolute atomic E-state index is 0.294. The van der Waals surface area contributed by atoms with Crippen molar-refractivity contribution in [3.8, 4) is 17.2 Å². The monoisotopic (exact) mass is 510 g/mol. The number of hydrogen-bond donors (Lipinski definition) is 2. The number of hydrogen-bond acceptors (Lipinski definition) is 5. The van der Waals surface area contributed by atoms with E-state index in [2.05, 4.69) is 15.9 Å². The van der Waals surface area contributed by atoms with Crippen LogP contribution in [0.5, 0.6) is 17.2 Å². The Bertz CT molecular complexity index is 1150. The summed E-state index contributed by atoms with van der Waals surface area (Å²) in [6, 6.07) is 21.2. The van der Waals surface area contributed by atoms with E-state index in [-0.39, 0.29) is 5.92 Å². The van der Waals surface area contributed by atoms with E-state index in [4.69, 9.17) is 14.2 Å². The summed E-state index contributed by atoms with van der Waals surface area (Å²) in [5, 5.41) is 23.9. The Kier molecular flexibility index (Phi) is 5.63. The van der Waals surface area contributed by atoms with Crippen molar-refractivity contribution in [1.29, 1.82) is 0 Å². The van der Waals surface area contributed by atoms with Crippen molar-refractivity contribution >= 4 is 15.9 Å². The molecule has 0 bridgehead atoms. The molecule has 1 saturated carbocycles. The molecular formula is C27H27BrO5. The van der Waals surface area contributed by atoms with Crippen LogP contribution < -0.4 is 14.2 Å². The minimum atomic E-state index is -1.72. The van der Waals surface area contributed by atoms with Crippen LogP contribution in [-0.2, 0) is 11.2 Å². The maximum absolute atomic E-state index is 12.5. The quantitative estimate of drug-likeness (QED) is 0.472. The van der Waals surface area contributed by atoms with Crippen LogP contribution in [0.1, 0.15) is 42.9 Å². The molecule has 0 saturated heterocycles. The summed E-state index contributed by atoms with van der Waals surface area (Å²) >= 11 is 3.51. The first-order valence-electron chi connectivity index (χ1n) is 11.3. The van der Waals surface area contributed by atoms with Crippen molar-refractivity contribution in [2.24, 2.45) is 0 Å². The number of benzene rings is 3. The molecule has 1 heterocycles. The van der Waals surface area contributed by atoms with Gasteiger partial charge in [0.2, 0.25) is 0 Å². The molecule has 0 aromatic heterocycles. The summed E-state index contributed by atoms with van der Waals surface area (Å²) in [5.41, 5.74) is -0.706. The summed E-state index contributed by atoms with van der Waals surface area (Å²) in [5.74, 6) is 1.24. The van der Waals surface area contributed by atoms with Crippen LogP contribution in [-0.4, -0.2) is 29.5 Å². The van der Waals surface area contributed by atoms with E-state index in [0.717, 1.165) is 15.6 Å². The van der Waals surface area contributed by atoms with E-state index in [0.29, 0.717) is 42.4 Å². The third-order valence-electron chi connectivity index (χ3n) is 6.78. The molecule has 1 fully saturated rings. The number of aliphatic hydroxyl groups is 2. The second-order valence-corrected chi connectivity index (χ2v) is 9.40. The second-order valence-electron chi connectivity index (χ2n) is 8.49. The Morgan fingerprint density at radius 3 is 2.36 bits per heavy atom. The van der Waals surface area contributed by atoms with E-state index >= 15 is 0 Å². The van der Waals surface area contributed by atoms with E-state index in [1.54, 1.807) is 12.1 Å². The molecule has 4 atom stereocenters. The van der Waals surface area contributed by atoms with Gasteiger partial charge in [0.1, 0.15) is 17.2 Å². The number of aliphatic hydroxyl groups excluding tert-OH is 1. The predicted octanol–water partition coefficient (Wildman–Crippen LogP) is 5.27. The predicted molar refractivity (Wildman–Crippen MR) is 129 cm³/mol. The van der Waals surface area contributed by atoms with Gasteiger partial charge in [-0.25, -0.2) is 0 Å². The number of ether oxygens (including phenoxy) is 3. The first-order valence-corrected chi connectivity index (χ1v) is 12.1. The third kappa shape index (κ3) is 3.19. The van der Waals surface area contributed by atoms with Gasteiger partial charge in [-0.15, -0.1) is 0 Å². The highest BCUT2D eigenvalue weighted by molar-refractivity contribution is 9.10. The van der Waals surface area contributed by atoms with Gasteiger partial charge in [0.15, 0.2) is 11.2 Å². The lowest BCUT2D eigenvalue weighted by atomic mass is 9.71. The maximum Gasteiger partial charge on any atom is 0.176 e. The Morgan fingerprint density at radius 2 is 1.70 bits per heavy atom. The zero-order valence-corrected chi connectivity index (χ0v) is 20.2. The van der Waals surface area contributed by atoms with Gasteiger partial charge in [-0.2, -0.15) is 0 Å². The van der Waals surface area contributed by atoms with Crippen LogP contribution >= 0.6 is 15.9 Å². The molecule has 33 heavy (non-hydrogen) atoms. The van der Waals surface area contributed by atoms with Crippen LogP contribution in [0.15, 0.2) is 71.2 Å². The Balaban J connectivity index is 1.79. The second kappa shape index (κ2) is 8.35. The summed E-state index contributed by atoms with van der Waals surface area (Å²) < 4.78 is 19.4. The van der Waals surface area contributed by atoms with Crippen LogP contribution in [0.3, 0.4) is 0 Å². The van der Waals surface area contributed by atoms with E-state index in [9.17, 15) is 10.2 Å².